The number of hydrogen-bond acceptors (Lipinski definition) is 2. The van der Waals surface area contributed by atoms with Crippen molar-refractivity contribution >= 4 is 11.6 Å². The van der Waals surface area contributed by atoms with Crippen molar-refractivity contribution in [3.05, 3.63) is 58.4 Å². The van der Waals surface area contributed by atoms with E-state index in [0.29, 0.717) is 27.6 Å². The number of aliphatic hydroxyl groups excluding tert-OH is 1. The minimum atomic E-state index is -0.808. The average molecular weight is 281 g/mol. The van der Waals surface area contributed by atoms with Crippen molar-refractivity contribution in [3.63, 3.8) is 0 Å². The zero-order valence-electron chi connectivity index (χ0n) is 10.7. The van der Waals surface area contributed by atoms with E-state index in [9.17, 15) is 9.50 Å². The molecular weight excluding hydrogens is 267 g/mol. The smallest absolute Gasteiger partial charge is 0.133 e. The Balaban J connectivity index is 2.38. The number of aryl methyl sites for hydroxylation is 1. The first-order valence-electron chi connectivity index (χ1n) is 5.89. The average Bonchev–Trinajstić information content (AvgIpc) is 2.36. The van der Waals surface area contributed by atoms with Crippen LogP contribution in [-0.2, 0) is 0 Å². The van der Waals surface area contributed by atoms with Gasteiger partial charge in [-0.3, -0.25) is 0 Å². The fourth-order valence-electron chi connectivity index (χ4n) is 1.71. The molecule has 0 aliphatic carbocycles. The van der Waals surface area contributed by atoms with Gasteiger partial charge in [0.1, 0.15) is 17.3 Å². The fraction of sp³-hybridized carbons (Fsp3) is 0.200. The van der Waals surface area contributed by atoms with Crippen molar-refractivity contribution in [3.8, 4) is 11.5 Å². The molecule has 0 aliphatic rings. The molecular formula is C15H14ClFO2. The molecule has 0 radical (unpaired) electrons. The van der Waals surface area contributed by atoms with Crippen molar-refractivity contribution in [1.29, 1.82) is 0 Å². The van der Waals surface area contributed by atoms with Gasteiger partial charge in [0.05, 0.1) is 6.10 Å². The number of ether oxygens (including phenoxy) is 1. The van der Waals surface area contributed by atoms with Gasteiger partial charge in [-0.1, -0.05) is 11.6 Å². The minimum absolute atomic E-state index is 0.362. The second-order valence-electron chi connectivity index (χ2n) is 4.37. The maximum Gasteiger partial charge on any atom is 0.133 e. The van der Waals surface area contributed by atoms with E-state index >= 15 is 0 Å². The van der Waals surface area contributed by atoms with Gasteiger partial charge in [0.25, 0.3) is 0 Å². The predicted molar refractivity (Wildman–Crippen MR) is 73.3 cm³/mol. The Hall–Kier alpha value is -1.58. The van der Waals surface area contributed by atoms with E-state index in [1.165, 1.54) is 6.07 Å². The van der Waals surface area contributed by atoms with Crippen LogP contribution in [0.15, 0.2) is 36.4 Å². The molecule has 1 N–H and O–H groups in total. The summed E-state index contributed by atoms with van der Waals surface area (Å²) in [5, 5.41) is 10.3. The van der Waals surface area contributed by atoms with Crippen molar-refractivity contribution in [2.45, 2.75) is 20.0 Å². The largest absolute Gasteiger partial charge is 0.457 e. The van der Waals surface area contributed by atoms with Gasteiger partial charge in [-0.15, -0.1) is 0 Å². The lowest BCUT2D eigenvalue weighted by molar-refractivity contribution is 0.195. The second-order valence-corrected chi connectivity index (χ2v) is 4.81. The third kappa shape index (κ3) is 3.25. The summed E-state index contributed by atoms with van der Waals surface area (Å²) in [7, 11) is 0. The number of rotatable bonds is 3. The Labute approximate surface area is 116 Å². The molecule has 19 heavy (non-hydrogen) atoms. The molecule has 1 atom stereocenters. The lowest BCUT2D eigenvalue weighted by Gasteiger charge is -2.14. The first-order valence-corrected chi connectivity index (χ1v) is 6.26. The zero-order chi connectivity index (χ0) is 14.0. The molecule has 0 aromatic heterocycles. The molecule has 0 heterocycles. The van der Waals surface area contributed by atoms with Gasteiger partial charge in [-0.2, -0.15) is 0 Å². The Morgan fingerprint density at radius 1 is 1.21 bits per heavy atom. The summed E-state index contributed by atoms with van der Waals surface area (Å²) in [6.07, 6.45) is -0.808. The van der Waals surface area contributed by atoms with E-state index in [-0.39, 0.29) is 5.82 Å². The molecule has 2 aromatic rings. The van der Waals surface area contributed by atoms with E-state index in [1.807, 2.05) is 0 Å². The van der Waals surface area contributed by atoms with Gasteiger partial charge in [0, 0.05) is 10.6 Å². The predicted octanol–water partition coefficient (Wildman–Crippen LogP) is 4.63. The molecule has 2 rings (SSSR count). The SMILES string of the molecule is Cc1cc(Oc2ccc(Cl)cc2)c([C@H](C)O)cc1F. The van der Waals surface area contributed by atoms with Crippen LogP contribution in [0.1, 0.15) is 24.2 Å². The monoisotopic (exact) mass is 280 g/mol. The van der Waals surface area contributed by atoms with E-state index in [4.69, 9.17) is 16.3 Å². The Morgan fingerprint density at radius 3 is 2.42 bits per heavy atom. The van der Waals surface area contributed by atoms with Crippen molar-refractivity contribution < 1.29 is 14.2 Å². The van der Waals surface area contributed by atoms with E-state index in [1.54, 1.807) is 44.2 Å². The first-order chi connectivity index (χ1) is 8.97. The van der Waals surface area contributed by atoms with Crippen LogP contribution in [0.5, 0.6) is 11.5 Å². The first kappa shape index (κ1) is 13.8. The lowest BCUT2D eigenvalue weighted by Crippen LogP contribution is -1.99. The van der Waals surface area contributed by atoms with Crippen LogP contribution in [0.25, 0.3) is 0 Å². The van der Waals surface area contributed by atoms with E-state index in [2.05, 4.69) is 0 Å². The molecule has 0 spiro atoms. The van der Waals surface area contributed by atoms with Gasteiger partial charge in [0.2, 0.25) is 0 Å². The summed E-state index contributed by atoms with van der Waals surface area (Å²) >= 11 is 5.80. The Kier molecular flexibility index (Phi) is 4.08. The summed E-state index contributed by atoms with van der Waals surface area (Å²) in [6, 6.07) is 9.71. The van der Waals surface area contributed by atoms with Crippen molar-refractivity contribution in [2.24, 2.45) is 0 Å². The molecule has 0 aliphatic heterocycles. The summed E-state index contributed by atoms with van der Waals surface area (Å²) in [5.41, 5.74) is 0.881. The highest BCUT2D eigenvalue weighted by Crippen LogP contribution is 2.32. The quantitative estimate of drug-likeness (QED) is 0.888. The van der Waals surface area contributed by atoms with Crippen molar-refractivity contribution in [2.75, 3.05) is 0 Å². The molecule has 0 fully saturated rings. The fourth-order valence-corrected chi connectivity index (χ4v) is 1.84. The van der Waals surface area contributed by atoms with Gasteiger partial charge in [0.15, 0.2) is 0 Å². The Morgan fingerprint density at radius 2 is 1.84 bits per heavy atom. The van der Waals surface area contributed by atoms with Gasteiger partial charge >= 0.3 is 0 Å². The maximum atomic E-state index is 13.5. The number of hydrogen-bond donors (Lipinski definition) is 1. The third-order valence-electron chi connectivity index (χ3n) is 2.78. The molecule has 2 nitrogen and oxygen atoms in total. The third-order valence-corrected chi connectivity index (χ3v) is 3.03. The van der Waals surface area contributed by atoms with Crippen LogP contribution in [0.4, 0.5) is 4.39 Å². The highest BCUT2D eigenvalue weighted by atomic mass is 35.5. The van der Waals surface area contributed by atoms with E-state index in [0.717, 1.165) is 0 Å². The second kappa shape index (κ2) is 5.59. The summed E-state index contributed by atoms with van der Waals surface area (Å²) in [4.78, 5) is 0. The Bertz CT molecular complexity index is 579. The summed E-state index contributed by atoms with van der Waals surface area (Å²) in [5.74, 6) is 0.660. The topological polar surface area (TPSA) is 29.5 Å². The number of benzene rings is 2. The molecule has 0 saturated carbocycles. The maximum absolute atomic E-state index is 13.5. The normalized spacial score (nSPS) is 12.3. The standard InChI is InChI=1S/C15H14ClFO2/c1-9-7-15(13(10(2)18)8-14(9)17)19-12-5-3-11(16)4-6-12/h3-8,10,18H,1-2H3/t10-/m0/s1. The molecule has 0 bridgehead atoms. The molecule has 0 unspecified atom stereocenters. The van der Waals surface area contributed by atoms with Crippen LogP contribution >= 0.6 is 11.6 Å². The molecule has 2 aromatic carbocycles. The van der Waals surface area contributed by atoms with E-state index < -0.39 is 6.10 Å². The van der Waals surface area contributed by atoms with Gasteiger partial charge in [-0.25, -0.2) is 4.39 Å². The molecule has 100 valence electrons. The summed E-state index contributed by atoms with van der Waals surface area (Å²) in [6.45, 7) is 3.22. The number of halogens is 2. The summed E-state index contributed by atoms with van der Waals surface area (Å²) < 4.78 is 19.2. The zero-order valence-corrected chi connectivity index (χ0v) is 11.4. The highest BCUT2D eigenvalue weighted by Gasteiger charge is 2.13. The highest BCUT2D eigenvalue weighted by molar-refractivity contribution is 6.30. The number of aliphatic hydroxyl groups is 1. The molecule has 4 heteroatoms. The minimum Gasteiger partial charge on any atom is -0.457 e. The lowest BCUT2D eigenvalue weighted by atomic mass is 10.1. The van der Waals surface area contributed by atoms with Gasteiger partial charge < -0.3 is 9.84 Å². The van der Waals surface area contributed by atoms with Gasteiger partial charge in [-0.05, 0) is 55.8 Å². The molecule has 0 amide bonds. The molecule has 0 saturated heterocycles. The van der Waals surface area contributed by atoms with Crippen LogP contribution < -0.4 is 4.74 Å². The van der Waals surface area contributed by atoms with Crippen LogP contribution in [0, 0.1) is 12.7 Å². The van der Waals surface area contributed by atoms with Crippen LogP contribution in [0.2, 0.25) is 5.02 Å². The van der Waals surface area contributed by atoms with Crippen LogP contribution in [-0.4, -0.2) is 5.11 Å². The van der Waals surface area contributed by atoms with Crippen LogP contribution in [0.3, 0.4) is 0 Å². The van der Waals surface area contributed by atoms with Crippen molar-refractivity contribution in [1.82, 2.24) is 0 Å².